The molecule has 16 heavy (non-hydrogen) atoms. The van der Waals surface area contributed by atoms with E-state index in [9.17, 15) is 0 Å². The number of hydrogen-bond acceptors (Lipinski definition) is 3. The lowest BCUT2D eigenvalue weighted by molar-refractivity contribution is -0.0244. The van der Waals surface area contributed by atoms with Crippen molar-refractivity contribution in [1.29, 1.82) is 0 Å². The predicted molar refractivity (Wildman–Crippen MR) is 64.3 cm³/mol. The minimum Gasteiger partial charge on any atom is -0.381 e. The van der Waals surface area contributed by atoms with Gasteiger partial charge in [-0.2, -0.15) is 0 Å². The summed E-state index contributed by atoms with van der Waals surface area (Å²) in [6, 6.07) is 1.31. The monoisotopic (exact) mass is 224 g/mol. The Bertz CT molecular complexity index is 234. The maximum absolute atomic E-state index is 5.93. The summed E-state index contributed by atoms with van der Waals surface area (Å²) in [7, 11) is 0. The highest BCUT2D eigenvalue weighted by molar-refractivity contribution is 4.99. The Balaban J connectivity index is 1.50. The maximum Gasteiger partial charge on any atom is 0.0480 e. The summed E-state index contributed by atoms with van der Waals surface area (Å²) < 4.78 is 5.43. The summed E-state index contributed by atoms with van der Waals surface area (Å²) in [5.74, 6) is 0. The second kappa shape index (κ2) is 4.28. The zero-order valence-electron chi connectivity index (χ0n) is 10.2. The van der Waals surface area contributed by atoms with Gasteiger partial charge in [-0.3, -0.25) is 0 Å². The molecule has 3 fully saturated rings. The Morgan fingerprint density at radius 1 is 1.06 bits per heavy atom. The van der Waals surface area contributed by atoms with E-state index in [-0.39, 0.29) is 0 Å². The summed E-state index contributed by atoms with van der Waals surface area (Å²) >= 11 is 0. The summed E-state index contributed by atoms with van der Waals surface area (Å²) in [5, 5.41) is 0. The number of piperidine rings is 1. The lowest BCUT2D eigenvalue weighted by Crippen LogP contribution is -2.54. The van der Waals surface area contributed by atoms with Crippen molar-refractivity contribution in [2.45, 2.75) is 50.6 Å². The van der Waals surface area contributed by atoms with Gasteiger partial charge in [-0.15, -0.1) is 0 Å². The number of hydrogen-bond donors (Lipinski definition) is 1. The minimum atomic E-state index is 0.509. The van der Waals surface area contributed by atoms with Crippen LogP contribution in [0.4, 0.5) is 0 Å². The molecule has 0 aromatic carbocycles. The van der Waals surface area contributed by atoms with Crippen LogP contribution in [0, 0.1) is 5.41 Å². The third-order valence-electron chi connectivity index (χ3n) is 4.96. The van der Waals surface area contributed by atoms with Crippen LogP contribution in [0.1, 0.15) is 38.5 Å². The molecule has 2 N–H and O–H groups in total. The number of likely N-dealkylation sites (tertiary alicyclic amines) is 1. The van der Waals surface area contributed by atoms with Crippen molar-refractivity contribution in [2.75, 3.05) is 26.3 Å². The van der Waals surface area contributed by atoms with Gasteiger partial charge in [-0.25, -0.2) is 0 Å². The molecule has 3 nitrogen and oxygen atoms in total. The Morgan fingerprint density at radius 2 is 1.69 bits per heavy atom. The summed E-state index contributed by atoms with van der Waals surface area (Å²) in [6.07, 6.45) is 7.83. The van der Waals surface area contributed by atoms with Crippen molar-refractivity contribution < 1.29 is 4.74 Å². The molecule has 2 saturated heterocycles. The van der Waals surface area contributed by atoms with E-state index in [1.54, 1.807) is 0 Å². The lowest BCUT2D eigenvalue weighted by atomic mass is 9.60. The quantitative estimate of drug-likeness (QED) is 0.731. The highest BCUT2D eigenvalue weighted by Gasteiger charge is 2.44. The maximum atomic E-state index is 5.93. The van der Waals surface area contributed by atoms with Crippen LogP contribution in [0.2, 0.25) is 0 Å². The molecular formula is C13H24N2O. The Morgan fingerprint density at radius 3 is 2.25 bits per heavy atom. The van der Waals surface area contributed by atoms with Gasteiger partial charge in [0, 0.05) is 25.3 Å². The van der Waals surface area contributed by atoms with E-state index in [1.807, 2.05) is 0 Å². The molecule has 3 heteroatoms. The SMILES string of the molecule is NC1CC2(CCN(C3CCOCC3)CC2)C1. The van der Waals surface area contributed by atoms with E-state index < -0.39 is 0 Å². The molecule has 2 heterocycles. The predicted octanol–water partition coefficient (Wildman–Crippen LogP) is 1.37. The highest BCUT2D eigenvalue weighted by atomic mass is 16.5. The van der Waals surface area contributed by atoms with Crippen molar-refractivity contribution in [2.24, 2.45) is 11.1 Å². The van der Waals surface area contributed by atoms with E-state index in [2.05, 4.69) is 4.90 Å². The molecule has 1 spiro atoms. The van der Waals surface area contributed by atoms with E-state index in [0.717, 1.165) is 19.3 Å². The second-order valence-corrected chi connectivity index (χ2v) is 6.05. The zero-order chi connectivity index (χ0) is 11.0. The largest absolute Gasteiger partial charge is 0.381 e. The highest BCUT2D eigenvalue weighted by Crippen LogP contribution is 2.48. The standard InChI is InChI=1S/C13H24N2O/c14-11-9-13(10-11)3-5-15(6-4-13)12-1-7-16-8-2-12/h11-12H,1-10,14H2. The number of ether oxygens (including phenoxy) is 1. The van der Waals surface area contributed by atoms with Crippen LogP contribution in [-0.4, -0.2) is 43.3 Å². The van der Waals surface area contributed by atoms with Gasteiger partial charge in [-0.05, 0) is 57.0 Å². The Labute approximate surface area is 98.3 Å². The molecule has 3 aliphatic rings. The molecule has 0 radical (unpaired) electrons. The molecule has 0 aromatic rings. The normalized spacial score (nSPS) is 32.8. The molecular weight excluding hydrogens is 200 g/mol. The van der Waals surface area contributed by atoms with Crippen LogP contribution in [0.15, 0.2) is 0 Å². The average Bonchev–Trinajstić information content (AvgIpc) is 2.29. The molecule has 2 aliphatic heterocycles. The average molecular weight is 224 g/mol. The molecule has 0 amide bonds. The van der Waals surface area contributed by atoms with Crippen molar-refractivity contribution in [3.63, 3.8) is 0 Å². The summed E-state index contributed by atoms with van der Waals surface area (Å²) in [4.78, 5) is 2.71. The Kier molecular flexibility index (Phi) is 2.94. The van der Waals surface area contributed by atoms with Gasteiger partial charge < -0.3 is 15.4 Å². The van der Waals surface area contributed by atoms with E-state index in [1.165, 1.54) is 51.6 Å². The first-order valence-corrected chi connectivity index (χ1v) is 6.85. The van der Waals surface area contributed by atoms with Gasteiger partial charge in [0.2, 0.25) is 0 Å². The fraction of sp³-hybridized carbons (Fsp3) is 1.00. The third kappa shape index (κ3) is 2.01. The van der Waals surface area contributed by atoms with Crippen LogP contribution in [0.5, 0.6) is 0 Å². The Hall–Kier alpha value is -0.120. The topological polar surface area (TPSA) is 38.5 Å². The molecule has 3 rings (SSSR count). The fourth-order valence-electron chi connectivity index (χ4n) is 3.87. The molecule has 0 bridgehead atoms. The van der Waals surface area contributed by atoms with Gasteiger partial charge in [0.05, 0.1) is 0 Å². The van der Waals surface area contributed by atoms with E-state index in [0.29, 0.717) is 11.5 Å². The number of nitrogens with two attached hydrogens (primary N) is 1. The van der Waals surface area contributed by atoms with Gasteiger partial charge in [0.25, 0.3) is 0 Å². The third-order valence-corrected chi connectivity index (χ3v) is 4.96. The number of rotatable bonds is 1. The molecule has 0 aromatic heterocycles. The number of nitrogens with zero attached hydrogens (tertiary/aromatic N) is 1. The first-order valence-electron chi connectivity index (χ1n) is 6.85. The molecule has 0 unspecified atom stereocenters. The summed E-state index contributed by atoms with van der Waals surface area (Å²) in [6.45, 7) is 4.54. The fourth-order valence-corrected chi connectivity index (χ4v) is 3.87. The van der Waals surface area contributed by atoms with E-state index >= 15 is 0 Å². The minimum absolute atomic E-state index is 0.509. The van der Waals surface area contributed by atoms with Crippen LogP contribution in [0.25, 0.3) is 0 Å². The van der Waals surface area contributed by atoms with Crippen molar-refractivity contribution in [3.8, 4) is 0 Å². The van der Waals surface area contributed by atoms with Gasteiger partial charge >= 0.3 is 0 Å². The van der Waals surface area contributed by atoms with Crippen molar-refractivity contribution >= 4 is 0 Å². The summed E-state index contributed by atoms with van der Waals surface area (Å²) in [5.41, 5.74) is 6.59. The van der Waals surface area contributed by atoms with Crippen molar-refractivity contribution in [3.05, 3.63) is 0 Å². The van der Waals surface area contributed by atoms with Gasteiger partial charge in [0.15, 0.2) is 0 Å². The smallest absolute Gasteiger partial charge is 0.0480 e. The van der Waals surface area contributed by atoms with Crippen LogP contribution in [0.3, 0.4) is 0 Å². The van der Waals surface area contributed by atoms with Gasteiger partial charge in [0.1, 0.15) is 0 Å². The van der Waals surface area contributed by atoms with Gasteiger partial charge in [-0.1, -0.05) is 0 Å². The first kappa shape index (κ1) is 11.0. The van der Waals surface area contributed by atoms with Crippen LogP contribution >= 0.6 is 0 Å². The first-order chi connectivity index (χ1) is 7.77. The van der Waals surface area contributed by atoms with Crippen LogP contribution in [-0.2, 0) is 4.74 Å². The molecule has 1 saturated carbocycles. The lowest BCUT2D eigenvalue weighted by Gasteiger charge is -2.52. The molecule has 1 aliphatic carbocycles. The molecule has 92 valence electrons. The molecule has 0 atom stereocenters. The van der Waals surface area contributed by atoms with E-state index in [4.69, 9.17) is 10.5 Å². The second-order valence-electron chi connectivity index (χ2n) is 6.05. The van der Waals surface area contributed by atoms with Crippen molar-refractivity contribution in [1.82, 2.24) is 4.90 Å². The zero-order valence-corrected chi connectivity index (χ0v) is 10.2. The van der Waals surface area contributed by atoms with Crippen LogP contribution < -0.4 is 5.73 Å².